The lowest BCUT2D eigenvalue weighted by Gasteiger charge is -2.26. The third-order valence-electron chi connectivity index (χ3n) is 2.74. The monoisotopic (exact) mass is 264 g/mol. The number of carboxylic acids is 1. The maximum absolute atomic E-state index is 11.1. The van der Waals surface area contributed by atoms with Gasteiger partial charge in [0.25, 0.3) is 0 Å². The molecule has 0 unspecified atom stereocenters. The number of carbonyl (C=O) groups is 2. The molecule has 0 aliphatic heterocycles. The van der Waals surface area contributed by atoms with Crippen LogP contribution < -0.4 is 10.6 Å². The summed E-state index contributed by atoms with van der Waals surface area (Å²) in [4.78, 5) is 23.9. The lowest BCUT2D eigenvalue weighted by atomic mass is 10.1. The molecule has 1 amide bonds. The second kappa shape index (κ2) is 6.22. The number of anilines is 1. The molecule has 0 saturated carbocycles. The molecule has 1 aromatic carbocycles. The average Bonchev–Trinajstić information content (AvgIpc) is 2.26. The smallest absolute Gasteiger partial charge is 0.335 e. The van der Waals surface area contributed by atoms with Gasteiger partial charge >= 0.3 is 5.97 Å². The van der Waals surface area contributed by atoms with Gasteiger partial charge in [0.05, 0.1) is 12.1 Å². The molecular formula is C14H20N2O3. The summed E-state index contributed by atoms with van der Waals surface area (Å²) in [5.41, 5.74) is 7.00. The van der Waals surface area contributed by atoms with Gasteiger partial charge in [0.15, 0.2) is 0 Å². The van der Waals surface area contributed by atoms with Crippen molar-refractivity contribution in [1.82, 2.24) is 0 Å². The summed E-state index contributed by atoms with van der Waals surface area (Å²) in [6.45, 7) is 6.66. The average molecular weight is 264 g/mol. The van der Waals surface area contributed by atoms with Crippen LogP contribution in [0.2, 0.25) is 0 Å². The molecule has 0 fully saturated rings. The first-order chi connectivity index (χ1) is 8.81. The van der Waals surface area contributed by atoms with Gasteiger partial charge in [-0.1, -0.05) is 13.8 Å². The van der Waals surface area contributed by atoms with Crippen LogP contribution in [-0.2, 0) is 4.79 Å². The van der Waals surface area contributed by atoms with E-state index in [0.29, 0.717) is 18.0 Å². The van der Waals surface area contributed by atoms with Crippen molar-refractivity contribution in [3.8, 4) is 0 Å². The van der Waals surface area contributed by atoms with Gasteiger partial charge in [-0.15, -0.1) is 0 Å². The second-order valence-corrected chi connectivity index (χ2v) is 5.05. The molecule has 0 heterocycles. The summed E-state index contributed by atoms with van der Waals surface area (Å²) in [6.07, 6.45) is 0. The normalized spacial score (nSPS) is 10.5. The van der Waals surface area contributed by atoms with Crippen molar-refractivity contribution in [2.75, 3.05) is 18.0 Å². The van der Waals surface area contributed by atoms with Crippen molar-refractivity contribution in [2.24, 2.45) is 11.7 Å². The standard InChI is InChI=1S/C14H20N2O3/c1-9(2)7-16(8-13(15)17)11-4-5-12(14(18)19)10(3)6-11/h4-6,9H,7-8H2,1-3H3,(H2,15,17)(H,18,19). The van der Waals surface area contributed by atoms with Gasteiger partial charge in [-0.3, -0.25) is 4.79 Å². The van der Waals surface area contributed by atoms with Crippen LogP contribution in [-0.4, -0.2) is 30.1 Å². The molecule has 19 heavy (non-hydrogen) atoms. The fourth-order valence-electron chi connectivity index (χ4n) is 1.97. The Morgan fingerprint density at radius 1 is 1.37 bits per heavy atom. The molecule has 1 aromatic rings. The Bertz CT molecular complexity index is 484. The molecule has 0 spiro atoms. The van der Waals surface area contributed by atoms with E-state index < -0.39 is 11.9 Å². The van der Waals surface area contributed by atoms with Crippen molar-refractivity contribution >= 4 is 17.6 Å². The van der Waals surface area contributed by atoms with Crippen LogP contribution in [0.5, 0.6) is 0 Å². The number of carbonyl (C=O) groups excluding carboxylic acids is 1. The maximum atomic E-state index is 11.1. The molecule has 0 aliphatic rings. The maximum Gasteiger partial charge on any atom is 0.335 e. The highest BCUT2D eigenvalue weighted by Gasteiger charge is 2.14. The van der Waals surface area contributed by atoms with E-state index in [1.165, 1.54) is 0 Å². The highest BCUT2D eigenvalue weighted by molar-refractivity contribution is 5.90. The zero-order chi connectivity index (χ0) is 14.6. The van der Waals surface area contributed by atoms with Crippen LogP contribution in [0, 0.1) is 12.8 Å². The number of nitrogens with two attached hydrogens (primary N) is 1. The number of rotatable bonds is 6. The molecular weight excluding hydrogens is 244 g/mol. The predicted molar refractivity (Wildman–Crippen MR) is 74.4 cm³/mol. The number of hydrogen-bond donors (Lipinski definition) is 2. The number of hydrogen-bond acceptors (Lipinski definition) is 3. The summed E-state index contributed by atoms with van der Waals surface area (Å²) < 4.78 is 0. The van der Waals surface area contributed by atoms with E-state index in [4.69, 9.17) is 10.8 Å². The fourth-order valence-corrected chi connectivity index (χ4v) is 1.97. The quantitative estimate of drug-likeness (QED) is 0.818. The molecule has 3 N–H and O–H groups in total. The molecule has 0 aliphatic carbocycles. The molecule has 0 bridgehead atoms. The molecule has 0 atom stereocenters. The van der Waals surface area contributed by atoms with E-state index >= 15 is 0 Å². The summed E-state index contributed by atoms with van der Waals surface area (Å²) in [7, 11) is 0. The van der Waals surface area contributed by atoms with E-state index in [1.807, 2.05) is 18.7 Å². The summed E-state index contributed by atoms with van der Waals surface area (Å²) in [5.74, 6) is -0.978. The van der Waals surface area contributed by atoms with Crippen LogP contribution >= 0.6 is 0 Å². The molecule has 0 saturated heterocycles. The Balaban J connectivity index is 3.05. The molecule has 5 nitrogen and oxygen atoms in total. The number of nitrogens with zero attached hydrogens (tertiary/aromatic N) is 1. The lowest BCUT2D eigenvalue weighted by molar-refractivity contribution is -0.116. The third kappa shape index (κ3) is 4.28. The van der Waals surface area contributed by atoms with Gasteiger partial charge in [0, 0.05) is 12.2 Å². The molecule has 1 rings (SSSR count). The molecule has 0 aromatic heterocycles. The summed E-state index contributed by atoms with van der Waals surface area (Å²) in [5, 5.41) is 9.00. The number of benzene rings is 1. The Kier molecular flexibility index (Phi) is 4.92. The van der Waals surface area contributed by atoms with Crippen LogP contribution in [0.4, 0.5) is 5.69 Å². The van der Waals surface area contributed by atoms with E-state index in [-0.39, 0.29) is 12.1 Å². The molecule has 0 radical (unpaired) electrons. The second-order valence-electron chi connectivity index (χ2n) is 5.05. The number of carboxylic acid groups (broad SMARTS) is 1. The lowest BCUT2D eigenvalue weighted by Crippen LogP contribution is -2.36. The van der Waals surface area contributed by atoms with Crippen LogP contribution in [0.25, 0.3) is 0 Å². The Morgan fingerprint density at radius 2 is 2.00 bits per heavy atom. The zero-order valence-electron chi connectivity index (χ0n) is 11.5. The predicted octanol–water partition coefficient (Wildman–Crippen LogP) is 1.64. The first-order valence-electron chi connectivity index (χ1n) is 6.18. The van der Waals surface area contributed by atoms with Gasteiger partial charge in [0.2, 0.25) is 5.91 Å². The van der Waals surface area contributed by atoms with Crippen molar-refractivity contribution in [3.63, 3.8) is 0 Å². The number of aromatic carboxylic acids is 1. The highest BCUT2D eigenvalue weighted by Crippen LogP contribution is 2.20. The summed E-state index contributed by atoms with van der Waals surface area (Å²) >= 11 is 0. The summed E-state index contributed by atoms with van der Waals surface area (Å²) in [6, 6.07) is 5.04. The highest BCUT2D eigenvalue weighted by atomic mass is 16.4. The Labute approximate surface area is 113 Å². The van der Waals surface area contributed by atoms with E-state index in [1.54, 1.807) is 25.1 Å². The minimum Gasteiger partial charge on any atom is -0.478 e. The van der Waals surface area contributed by atoms with Crippen molar-refractivity contribution < 1.29 is 14.7 Å². The van der Waals surface area contributed by atoms with Crippen LogP contribution in [0.3, 0.4) is 0 Å². The van der Waals surface area contributed by atoms with Crippen LogP contribution in [0.15, 0.2) is 18.2 Å². The van der Waals surface area contributed by atoms with Gasteiger partial charge in [0.1, 0.15) is 0 Å². The fraction of sp³-hybridized carbons (Fsp3) is 0.429. The van der Waals surface area contributed by atoms with Gasteiger partial charge in [-0.05, 0) is 36.6 Å². The topological polar surface area (TPSA) is 83.6 Å². The first-order valence-corrected chi connectivity index (χ1v) is 6.18. The number of aryl methyl sites for hydroxylation is 1. The van der Waals surface area contributed by atoms with Crippen LogP contribution in [0.1, 0.15) is 29.8 Å². The minimum atomic E-state index is -0.950. The Hall–Kier alpha value is -2.04. The van der Waals surface area contributed by atoms with E-state index in [0.717, 1.165) is 5.69 Å². The first kappa shape index (κ1) is 15.0. The van der Waals surface area contributed by atoms with Crippen molar-refractivity contribution in [1.29, 1.82) is 0 Å². The van der Waals surface area contributed by atoms with E-state index in [9.17, 15) is 9.59 Å². The largest absolute Gasteiger partial charge is 0.478 e. The minimum absolute atomic E-state index is 0.129. The van der Waals surface area contributed by atoms with Gasteiger partial charge < -0.3 is 15.7 Å². The zero-order valence-corrected chi connectivity index (χ0v) is 11.5. The Morgan fingerprint density at radius 3 is 2.42 bits per heavy atom. The van der Waals surface area contributed by atoms with Gasteiger partial charge in [-0.2, -0.15) is 0 Å². The van der Waals surface area contributed by atoms with Crippen molar-refractivity contribution in [2.45, 2.75) is 20.8 Å². The van der Waals surface area contributed by atoms with Crippen molar-refractivity contribution in [3.05, 3.63) is 29.3 Å². The van der Waals surface area contributed by atoms with E-state index in [2.05, 4.69) is 0 Å². The van der Waals surface area contributed by atoms with Gasteiger partial charge in [-0.25, -0.2) is 4.79 Å². The third-order valence-corrected chi connectivity index (χ3v) is 2.74. The number of primary amides is 1. The molecule has 5 heteroatoms. The number of amides is 1. The SMILES string of the molecule is Cc1cc(N(CC(N)=O)CC(C)C)ccc1C(=O)O. The molecule has 104 valence electrons.